The minimum absolute atomic E-state index is 0.0184. The van der Waals surface area contributed by atoms with Gasteiger partial charge in [-0.3, -0.25) is 4.98 Å². The Balaban J connectivity index is 1.53. The molecule has 2 atom stereocenters. The molecule has 2 aliphatic rings. The zero-order valence-corrected chi connectivity index (χ0v) is 16.3. The molecule has 1 N–H and O–H groups in total. The molecule has 1 aromatic heterocycles. The van der Waals surface area contributed by atoms with Gasteiger partial charge in [0.15, 0.2) is 0 Å². The molecule has 5 nitrogen and oxygen atoms in total. The third-order valence-corrected chi connectivity index (χ3v) is 5.98. The molecular formula is C21H26BNO4. The molecule has 0 amide bonds. The lowest BCUT2D eigenvalue weighted by molar-refractivity contribution is 0.00578. The van der Waals surface area contributed by atoms with Gasteiger partial charge in [0.1, 0.15) is 5.75 Å². The van der Waals surface area contributed by atoms with Crippen LogP contribution in [0.1, 0.15) is 45.1 Å². The maximum absolute atomic E-state index is 10.8. The fourth-order valence-corrected chi connectivity index (χ4v) is 3.55. The number of pyridine rings is 1. The first-order valence-corrected chi connectivity index (χ1v) is 9.47. The quantitative estimate of drug-likeness (QED) is 0.846. The number of aromatic nitrogens is 1. The molecule has 0 saturated carbocycles. The van der Waals surface area contributed by atoms with E-state index in [2.05, 4.69) is 4.98 Å². The molecule has 0 spiro atoms. The molecule has 2 aromatic rings. The topological polar surface area (TPSA) is 60.8 Å². The molecule has 6 heteroatoms. The number of aliphatic hydroxyl groups excluding tert-OH is 1. The number of hydrogen-bond donors (Lipinski definition) is 1. The summed E-state index contributed by atoms with van der Waals surface area (Å²) in [6.07, 6.45) is 1.87. The Morgan fingerprint density at radius 2 is 1.85 bits per heavy atom. The number of ether oxygens (including phenoxy) is 1. The SMILES string of the molecule is CC1(C)OB(c2ccc3c(c2)OC[C@@H](Cc2ccccn2)C3O)OC1(C)C. The Morgan fingerprint density at radius 3 is 2.52 bits per heavy atom. The number of nitrogens with zero attached hydrogens (tertiary/aromatic N) is 1. The maximum atomic E-state index is 10.8. The molecule has 27 heavy (non-hydrogen) atoms. The second-order valence-electron chi connectivity index (χ2n) is 8.43. The Kier molecular flexibility index (Phi) is 4.53. The van der Waals surface area contributed by atoms with E-state index in [9.17, 15) is 5.11 Å². The minimum atomic E-state index is -0.580. The highest BCUT2D eigenvalue weighted by Crippen LogP contribution is 2.39. The van der Waals surface area contributed by atoms with E-state index in [0.29, 0.717) is 18.8 Å². The third-order valence-electron chi connectivity index (χ3n) is 5.98. The van der Waals surface area contributed by atoms with Crippen LogP contribution in [0.25, 0.3) is 0 Å². The molecule has 2 aliphatic heterocycles. The van der Waals surface area contributed by atoms with Gasteiger partial charge in [-0.1, -0.05) is 18.2 Å². The van der Waals surface area contributed by atoms with Gasteiger partial charge < -0.3 is 19.2 Å². The van der Waals surface area contributed by atoms with Crippen molar-refractivity contribution in [2.24, 2.45) is 5.92 Å². The summed E-state index contributed by atoms with van der Waals surface area (Å²) in [6.45, 7) is 8.60. The number of rotatable bonds is 3. The average molecular weight is 367 g/mol. The summed E-state index contributed by atoms with van der Waals surface area (Å²) >= 11 is 0. The second-order valence-corrected chi connectivity index (χ2v) is 8.43. The zero-order chi connectivity index (χ0) is 19.2. The van der Waals surface area contributed by atoms with E-state index in [-0.39, 0.29) is 17.1 Å². The van der Waals surface area contributed by atoms with Crippen molar-refractivity contribution in [3.05, 3.63) is 53.9 Å². The van der Waals surface area contributed by atoms with Crippen LogP contribution in [0.4, 0.5) is 0 Å². The van der Waals surface area contributed by atoms with E-state index in [0.717, 1.165) is 16.7 Å². The van der Waals surface area contributed by atoms with Gasteiger partial charge in [0, 0.05) is 23.4 Å². The van der Waals surface area contributed by atoms with E-state index < -0.39 is 13.2 Å². The highest BCUT2D eigenvalue weighted by molar-refractivity contribution is 6.62. The first-order chi connectivity index (χ1) is 12.8. The highest BCUT2D eigenvalue weighted by Gasteiger charge is 2.52. The van der Waals surface area contributed by atoms with E-state index >= 15 is 0 Å². The molecule has 1 saturated heterocycles. The van der Waals surface area contributed by atoms with Crippen LogP contribution >= 0.6 is 0 Å². The summed E-state index contributed by atoms with van der Waals surface area (Å²) in [7, 11) is -0.438. The van der Waals surface area contributed by atoms with E-state index in [1.54, 1.807) is 6.20 Å². The standard InChI is InChI=1S/C21H26BNO4/c1-20(2)21(3,4)27-22(26-20)15-8-9-17-18(12-15)25-13-14(19(17)24)11-16-7-5-6-10-23-16/h5-10,12,14,19,24H,11,13H2,1-4H3/t14-,19?/m1/s1. The van der Waals surface area contributed by atoms with Gasteiger partial charge in [0.2, 0.25) is 0 Å². The van der Waals surface area contributed by atoms with Crippen LogP contribution in [0.2, 0.25) is 0 Å². The van der Waals surface area contributed by atoms with Crippen molar-refractivity contribution >= 4 is 12.6 Å². The molecule has 4 rings (SSSR count). The molecule has 0 aliphatic carbocycles. The van der Waals surface area contributed by atoms with Crippen molar-refractivity contribution in [2.45, 2.75) is 51.4 Å². The van der Waals surface area contributed by atoms with Crippen molar-refractivity contribution in [3.8, 4) is 5.75 Å². The van der Waals surface area contributed by atoms with E-state index in [1.807, 2.05) is 64.1 Å². The van der Waals surface area contributed by atoms with Crippen LogP contribution in [-0.4, -0.2) is 35.0 Å². The van der Waals surface area contributed by atoms with Crippen molar-refractivity contribution < 1.29 is 19.2 Å². The summed E-state index contributed by atoms with van der Waals surface area (Å²) < 4.78 is 18.2. The fraction of sp³-hybridized carbons (Fsp3) is 0.476. The monoisotopic (exact) mass is 367 g/mol. The summed E-state index contributed by atoms with van der Waals surface area (Å²) in [5.74, 6) is 0.682. The first kappa shape index (κ1) is 18.5. The first-order valence-electron chi connectivity index (χ1n) is 9.47. The van der Waals surface area contributed by atoms with Crippen molar-refractivity contribution in [1.82, 2.24) is 4.98 Å². The summed E-state index contributed by atoms with van der Waals surface area (Å²) in [5.41, 5.74) is 1.90. The average Bonchev–Trinajstić information content (AvgIpc) is 2.86. The molecule has 1 aromatic carbocycles. The largest absolute Gasteiger partial charge is 0.494 e. The Morgan fingerprint density at radius 1 is 1.11 bits per heavy atom. The zero-order valence-electron chi connectivity index (χ0n) is 16.3. The molecule has 3 heterocycles. The smallest absolute Gasteiger partial charge is 0.493 e. The fourth-order valence-electron chi connectivity index (χ4n) is 3.55. The van der Waals surface area contributed by atoms with Crippen molar-refractivity contribution in [1.29, 1.82) is 0 Å². The molecule has 1 unspecified atom stereocenters. The summed E-state index contributed by atoms with van der Waals surface area (Å²) in [5, 5.41) is 10.8. The number of hydrogen-bond acceptors (Lipinski definition) is 5. The number of benzene rings is 1. The number of aliphatic hydroxyl groups is 1. The summed E-state index contributed by atoms with van der Waals surface area (Å²) in [4.78, 5) is 4.36. The molecule has 1 fully saturated rings. The molecular weight excluding hydrogens is 341 g/mol. The predicted octanol–water partition coefficient (Wildman–Crippen LogP) is 2.67. The Bertz CT molecular complexity index is 808. The summed E-state index contributed by atoms with van der Waals surface area (Å²) in [6, 6.07) is 11.6. The van der Waals surface area contributed by atoms with Gasteiger partial charge in [0.25, 0.3) is 0 Å². The molecule has 0 radical (unpaired) electrons. The van der Waals surface area contributed by atoms with Crippen LogP contribution < -0.4 is 10.2 Å². The second kappa shape index (κ2) is 6.62. The van der Waals surface area contributed by atoms with E-state index in [4.69, 9.17) is 14.0 Å². The lowest BCUT2D eigenvalue weighted by Crippen LogP contribution is -2.41. The predicted molar refractivity (Wildman–Crippen MR) is 104 cm³/mol. The molecule has 142 valence electrons. The van der Waals surface area contributed by atoms with Crippen LogP contribution in [-0.2, 0) is 15.7 Å². The minimum Gasteiger partial charge on any atom is -0.493 e. The van der Waals surface area contributed by atoms with Crippen molar-refractivity contribution in [3.63, 3.8) is 0 Å². The Labute approximate surface area is 160 Å². The van der Waals surface area contributed by atoms with Gasteiger partial charge in [-0.2, -0.15) is 0 Å². The highest BCUT2D eigenvalue weighted by atomic mass is 16.7. The van der Waals surface area contributed by atoms with Crippen molar-refractivity contribution in [2.75, 3.05) is 6.61 Å². The lowest BCUT2D eigenvalue weighted by atomic mass is 9.77. The van der Waals surface area contributed by atoms with Gasteiger partial charge in [0.05, 0.1) is 23.9 Å². The van der Waals surface area contributed by atoms with E-state index in [1.165, 1.54) is 0 Å². The maximum Gasteiger partial charge on any atom is 0.494 e. The van der Waals surface area contributed by atoms with Crippen LogP contribution in [0.15, 0.2) is 42.6 Å². The van der Waals surface area contributed by atoms with Crippen LogP contribution in [0.3, 0.4) is 0 Å². The lowest BCUT2D eigenvalue weighted by Gasteiger charge is -2.32. The van der Waals surface area contributed by atoms with Crippen LogP contribution in [0, 0.1) is 5.92 Å². The van der Waals surface area contributed by atoms with Gasteiger partial charge in [-0.25, -0.2) is 0 Å². The number of fused-ring (bicyclic) bond motifs is 1. The molecule has 0 bridgehead atoms. The Hall–Kier alpha value is -1.89. The van der Waals surface area contributed by atoms with Gasteiger partial charge >= 0.3 is 7.12 Å². The van der Waals surface area contributed by atoms with Gasteiger partial charge in [-0.15, -0.1) is 0 Å². The normalized spacial score (nSPS) is 25.7. The third kappa shape index (κ3) is 3.37. The van der Waals surface area contributed by atoms with Crippen LogP contribution in [0.5, 0.6) is 5.75 Å². The van der Waals surface area contributed by atoms with Gasteiger partial charge in [-0.05, 0) is 57.8 Å².